The van der Waals surface area contributed by atoms with Crippen LogP contribution in [0.15, 0.2) is 41.6 Å². The average molecular weight is 383 g/mol. The fourth-order valence-corrected chi connectivity index (χ4v) is 3.00. The second-order valence-electron chi connectivity index (χ2n) is 6.00. The lowest BCUT2D eigenvalue weighted by Crippen LogP contribution is -2.36. The van der Waals surface area contributed by atoms with E-state index in [2.05, 4.69) is 20.6 Å². The van der Waals surface area contributed by atoms with Gasteiger partial charge >= 0.3 is 0 Å². The monoisotopic (exact) mass is 383 g/mol. The third kappa shape index (κ3) is 3.40. The van der Waals surface area contributed by atoms with E-state index in [4.69, 9.17) is 10.5 Å². The Balaban J connectivity index is 1.68. The molecule has 12 heteroatoms. The number of nitrogens with two attached hydrogens (primary N) is 1. The van der Waals surface area contributed by atoms with E-state index in [9.17, 15) is 10.1 Å². The molecule has 3 heterocycles. The molecular weight excluding hydrogens is 366 g/mol. The summed E-state index contributed by atoms with van der Waals surface area (Å²) in [6.45, 7) is 2.35. The fourth-order valence-electron chi connectivity index (χ4n) is 3.00. The van der Waals surface area contributed by atoms with Crippen molar-refractivity contribution in [3.8, 4) is 5.69 Å². The van der Waals surface area contributed by atoms with Crippen molar-refractivity contribution >= 4 is 23.5 Å². The van der Waals surface area contributed by atoms with Crippen molar-refractivity contribution in [2.24, 2.45) is 5.10 Å². The molecule has 0 atom stereocenters. The molecule has 1 saturated heterocycles. The number of hydrogen-bond donors (Lipinski definition) is 1. The van der Waals surface area contributed by atoms with Crippen LogP contribution in [0.4, 0.5) is 17.3 Å². The van der Waals surface area contributed by atoms with E-state index < -0.39 is 0 Å². The minimum Gasteiger partial charge on any atom is -0.378 e. The van der Waals surface area contributed by atoms with Crippen LogP contribution < -0.4 is 10.6 Å². The molecule has 12 nitrogen and oxygen atoms in total. The predicted molar refractivity (Wildman–Crippen MR) is 101 cm³/mol. The number of aromatic nitrogens is 5. The van der Waals surface area contributed by atoms with Gasteiger partial charge in [0.25, 0.3) is 11.6 Å². The van der Waals surface area contributed by atoms with Gasteiger partial charge in [-0.25, -0.2) is 0 Å². The van der Waals surface area contributed by atoms with Gasteiger partial charge in [-0.15, -0.1) is 0 Å². The van der Waals surface area contributed by atoms with Crippen LogP contribution >= 0.6 is 0 Å². The standard InChI is InChI=1S/C16H17N9O3/c17-16-19-20-21-24(16)18-11-13-2-1-5-23(13)12-3-4-14(15(10-12)25(26)27)22-6-8-28-9-7-22/h1-5,10-11H,6-9H2,(H2,17,19,21). The van der Waals surface area contributed by atoms with Gasteiger partial charge < -0.3 is 19.9 Å². The fraction of sp³-hybridized carbons (Fsp3) is 0.250. The number of nitro groups is 1. The quantitative estimate of drug-likeness (QED) is 0.385. The lowest BCUT2D eigenvalue weighted by molar-refractivity contribution is -0.384. The first kappa shape index (κ1) is 17.6. The van der Waals surface area contributed by atoms with Gasteiger partial charge in [0, 0.05) is 25.4 Å². The zero-order chi connectivity index (χ0) is 19.5. The number of benzene rings is 1. The summed E-state index contributed by atoms with van der Waals surface area (Å²) in [6, 6.07) is 8.77. The lowest BCUT2D eigenvalue weighted by atomic mass is 10.2. The summed E-state index contributed by atoms with van der Waals surface area (Å²) >= 11 is 0. The Morgan fingerprint density at radius 2 is 2.11 bits per heavy atom. The van der Waals surface area contributed by atoms with Crippen LogP contribution in [0.5, 0.6) is 0 Å². The van der Waals surface area contributed by atoms with E-state index in [1.165, 1.54) is 6.21 Å². The van der Waals surface area contributed by atoms with Gasteiger partial charge in [0.2, 0.25) is 0 Å². The summed E-state index contributed by atoms with van der Waals surface area (Å²) in [7, 11) is 0. The number of morpholine rings is 1. The largest absolute Gasteiger partial charge is 0.378 e. The molecule has 3 aromatic rings. The van der Waals surface area contributed by atoms with Gasteiger partial charge in [-0.3, -0.25) is 10.1 Å². The Hall–Kier alpha value is -3.80. The minimum atomic E-state index is -0.368. The van der Waals surface area contributed by atoms with E-state index in [1.54, 1.807) is 22.9 Å². The van der Waals surface area contributed by atoms with E-state index in [0.29, 0.717) is 43.4 Å². The second kappa shape index (κ2) is 7.44. The highest BCUT2D eigenvalue weighted by molar-refractivity contribution is 5.79. The highest BCUT2D eigenvalue weighted by Crippen LogP contribution is 2.31. The van der Waals surface area contributed by atoms with Gasteiger partial charge in [-0.05, 0) is 34.7 Å². The molecule has 0 saturated carbocycles. The van der Waals surface area contributed by atoms with Crippen LogP contribution in [0, 0.1) is 10.1 Å². The number of hydrogen-bond acceptors (Lipinski definition) is 9. The molecule has 144 valence electrons. The molecule has 1 aliphatic rings. The summed E-state index contributed by atoms with van der Waals surface area (Å²) in [5.41, 5.74) is 7.54. The van der Waals surface area contributed by atoms with Gasteiger partial charge in [0.15, 0.2) is 0 Å². The molecule has 0 unspecified atom stereocenters. The lowest BCUT2D eigenvalue weighted by Gasteiger charge is -2.28. The molecule has 0 bridgehead atoms. The van der Waals surface area contributed by atoms with Crippen LogP contribution in [-0.4, -0.2) is 62.3 Å². The first-order valence-electron chi connectivity index (χ1n) is 8.50. The summed E-state index contributed by atoms with van der Waals surface area (Å²) in [6.07, 6.45) is 3.31. The van der Waals surface area contributed by atoms with Crippen molar-refractivity contribution in [2.75, 3.05) is 36.9 Å². The molecule has 0 radical (unpaired) electrons. The maximum absolute atomic E-state index is 11.7. The van der Waals surface area contributed by atoms with Gasteiger partial charge in [0.05, 0.1) is 35.7 Å². The van der Waals surface area contributed by atoms with Crippen molar-refractivity contribution in [3.05, 3.63) is 52.3 Å². The zero-order valence-corrected chi connectivity index (χ0v) is 14.7. The zero-order valence-electron chi connectivity index (χ0n) is 14.7. The normalized spacial score (nSPS) is 14.6. The van der Waals surface area contributed by atoms with Crippen LogP contribution in [0.2, 0.25) is 0 Å². The molecule has 0 aliphatic carbocycles. The first-order valence-corrected chi connectivity index (χ1v) is 8.50. The number of nitro benzene ring substituents is 1. The van der Waals surface area contributed by atoms with E-state index in [-0.39, 0.29) is 16.6 Å². The van der Waals surface area contributed by atoms with Crippen molar-refractivity contribution in [1.29, 1.82) is 0 Å². The molecule has 2 N–H and O–H groups in total. The average Bonchev–Trinajstić information content (AvgIpc) is 3.35. The number of nitrogens with zero attached hydrogens (tertiary/aromatic N) is 8. The molecule has 1 aromatic carbocycles. The summed E-state index contributed by atoms with van der Waals surface area (Å²) in [5.74, 6) is 0.0554. The Bertz CT molecular complexity index is 1020. The third-order valence-corrected chi connectivity index (χ3v) is 4.34. The highest BCUT2D eigenvalue weighted by atomic mass is 16.6. The van der Waals surface area contributed by atoms with Gasteiger partial charge in [-0.2, -0.15) is 5.10 Å². The molecule has 28 heavy (non-hydrogen) atoms. The molecule has 2 aromatic heterocycles. The third-order valence-electron chi connectivity index (χ3n) is 4.34. The van der Waals surface area contributed by atoms with Crippen LogP contribution in [0.25, 0.3) is 5.69 Å². The molecule has 1 aliphatic heterocycles. The molecule has 0 spiro atoms. The van der Waals surface area contributed by atoms with Gasteiger partial charge in [0.1, 0.15) is 5.69 Å². The van der Waals surface area contributed by atoms with Crippen LogP contribution in [0.1, 0.15) is 5.69 Å². The topological polar surface area (TPSA) is 143 Å². The summed E-state index contributed by atoms with van der Waals surface area (Å²) in [4.78, 5) is 14.3. The van der Waals surface area contributed by atoms with E-state index in [1.807, 2.05) is 23.1 Å². The summed E-state index contributed by atoms with van der Waals surface area (Å²) < 4.78 is 7.11. The number of rotatable bonds is 5. The Labute approximate surface area is 158 Å². The molecular formula is C16H17N9O3. The van der Waals surface area contributed by atoms with Gasteiger partial charge in [-0.1, -0.05) is 9.89 Å². The second-order valence-corrected chi connectivity index (χ2v) is 6.00. The maximum Gasteiger partial charge on any atom is 0.294 e. The van der Waals surface area contributed by atoms with E-state index in [0.717, 1.165) is 4.79 Å². The molecule has 0 amide bonds. The smallest absolute Gasteiger partial charge is 0.294 e. The molecule has 4 rings (SSSR count). The van der Waals surface area contributed by atoms with Crippen molar-refractivity contribution in [2.45, 2.75) is 0 Å². The van der Waals surface area contributed by atoms with E-state index >= 15 is 0 Å². The van der Waals surface area contributed by atoms with Crippen molar-refractivity contribution < 1.29 is 9.66 Å². The van der Waals surface area contributed by atoms with Crippen LogP contribution in [-0.2, 0) is 4.74 Å². The molecule has 1 fully saturated rings. The predicted octanol–water partition coefficient (Wildman–Crippen LogP) is 0.673. The number of anilines is 2. The number of ether oxygens (including phenoxy) is 1. The number of nitrogen functional groups attached to an aromatic ring is 1. The first-order chi connectivity index (χ1) is 13.6. The minimum absolute atomic E-state index is 0.0423. The Kier molecular flexibility index (Phi) is 4.68. The highest BCUT2D eigenvalue weighted by Gasteiger charge is 2.22. The van der Waals surface area contributed by atoms with Crippen molar-refractivity contribution in [1.82, 2.24) is 24.9 Å². The van der Waals surface area contributed by atoms with Crippen LogP contribution in [0.3, 0.4) is 0 Å². The van der Waals surface area contributed by atoms with Crippen molar-refractivity contribution in [3.63, 3.8) is 0 Å². The number of tetrazole rings is 1. The SMILES string of the molecule is Nc1nnnn1N=Cc1cccn1-c1ccc(N2CCOCC2)c([N+](=O)[O-])c1. The maximum atomic E-state index is 11.7. The summed E-state index contributed by atoms with van der Waals surface area (Å²) in [5, 5.41) is 26.4. The Morgan fingerprint density at radius 1 is 1.29 bits per heavy atom. The Morgan fingerprint density at radius 3 is 2.82 bits per heavy atom.